The molecule has 0 saturated carbocycles. The van der Waals surface area contributed by atoms with Crippen molar-refractivity contribution in [3.8, 4) is 17.0 Å². The number of carbonyl (C=O) groups is 3. The molecule has 1 aliphatic rings. The highest BCUT2D eigenvalue weighted by atomic mass is 19.1. The number of esters is 1. The Kier molecular flexibility index (Phi) is 5.53. The second-order valence-corrected chi connectivity index (χ2v) is 6.26. The highest BCUT2D eigenvalue weighted by Crippen LogP contribution is 2.30. The third kappa shape index (κ3) is 4.43. The molecule has 1 atom stereocenters. The highest BCUT2D eigenvalue weighted by Gasteiger charge is 2.32. The van der Waals surface area contributed by atoms with E-state index in [4.69, 9.17) is 15.2 Å². The minimum Gasteiger partial charge on any atom is -0.444 e. The Morgan fingerprint density at radius 3 is 2.75 bits per heavy atom. The van der Waals surface area contributed by atoms with Crippen molar-refractivity contribution in [2.75, 3.05) is 11.4 Å². The van der Waals surface area contributed by atoms with Crippen LogP contribution in [0.3, 0.4) is 0 Å². The summed E-state index contributed by atoms with van der Waals surface area (Å²) in [5, 5.41) is 0. The van der Waals surface area contributed by atoms with Gasteiger partial charge in [0.05, 0.1) is 12.2 Å². The van der Waals surface area contributed by atoms with Crippen LogP contribution >= 0.6 is 0 Å². The number of pyridine rings is 1. The van der Waals surface area contributed by atoms with Gasteiger partial charge in [0.2, 0.25) is 11.8 Å². The molecule has 0 aliphatic carbocycles. The molecule has 1 unspecified atom stereocenters. The molecule has 1 saturated heterocycles. The molecule has 3 rings (SSSR count). The molecule has 2 aromatic rings. The number of cyclic esters (lactones) is 1. The van der Waals surface area contributed by atoms with E-state index in [2.05, 4.69) is 4.98 Å². The van der Waals surface area contributed by atoms with Gasteiger partial charge in [0, 0.05) is 36.7 Å². The molecule has 0 spiro atoms. The summed E-state index contributed by atoms with van der Waals surface area (Å²) in [6.45, 7) is 1.47. The average Bonchev–Trinajstić information content (AvgIpc) is 3.01. The minimum atomic E-state index is -0.603. The summed E-state index contributed by atoms with van der Waals surface area (Å²) >= 11 is 0. The Labute approximate surface area is 160 Å². The lowest BCUT2D eigenvalue weighted by molar-refractivity contribution is -0.132. The molecule has 146 valence electrons. The van der Waals surface area contributed by atoms with E-state index in [9.17, 15) is 18.8 Å². The third-order valence-electron chi connectivity index (χ3n) is 4.15. The van der Waals surface area contributed by atoms with Crippen molar-refractivity contribution in [2.45, 2.75) is 25.9 Å². The summed E-state index contributed by atoms with van der Waals surface area (Å²) in [4.78, 5) is 39.1. The second kappa shape index (κ2) is 8.03. The Balaban J connectivity index is 1.74. The largest absolute Gasteiger partial charge is 0.444 e. The molecule has 8 nitrogen and oxygen atoms in total. The number of hydrogen-bond donors (Lipinski definition) is 1. The molecule has 2 N–H and O–H groups in total. The van der Waals surface area contributed by atoms with Crippen molar-refractivity contribution in [3.63, 3.8) is 0 Å². The predicted octanol–water partition coefficient (Wildman–Crippen LogP) is 2.40. The van der Waals surface area contributed by atoms with Gasteiger partial charge in [-0.15, -0.1) is 0 Å². The van der Waals surface area contributed by atoms with E-state index in [0.29, 0.717) is 17.7 Å². The Bertz CT molecular complexity index is 916. The second-order valence-electron chi connectivity index (χ2n) is 6.26. The van der Waals surface area contributed by atoms with Crippen molar-refractivity contribution >= 4 is 23.7 Å². The fourth-order valence-corrected chi connectivity index (χ4v) is 2.84. The molecular formula is C19H18FN3O5. The van der Waals surface area contributed by atoms with E-state index in [1.54, 1.807) is 12.1 Å². The van der Waals surface area contributed by atoms with Crippen LogP contribution in [-0.2, 0) is 14.3 Å². The maximum atomic E-state index is 14.6. The SMILES string of the molecule is CC(=O)Oc1ccc(-c2ccc(N3CC(CCC(N)=O)OC3=O)cc2F)cn1. The van der Waals surface area contributed by atoms with Crippen LogP contribution in [0, 0.1) is 5.82 Å². The van der Waals surface area contributed by atoms with Gasteiger partial charge in [-0.05, 0) is 30.7 Å². The molecule has 0 radical (unpaired) electrons. The lowest BCUT2D eigenvalue weighted by Gasteiger charge is -2.14. The highest BCUT2D eigenvalue weighted by molar-refractivity contribution is 5.90. The molecule has 0 bridgehead atoms. The maximum Gasteiger partial charge on any atom is 0.414 e. The van der Waals surface area contributed by atoms with Crippen molar-refractivity contribution in [1.82, 2.24) is 4.98 Å². The first-order valence-corrected chi connectivity index (χ1v) is 8.54. The van der Waals surface area contributed by atoms with Gasteiger partial charge >= 0.3 is 12.1 Å². The summed E-state index contributed by atoms with van der Waals surface area (Å²) in [5.41, 5.74) is 6.22. The molecule has 28 heavy (non-hydrogen) atoms. The number of aromatic nitrogens is 1. The van der Waals surface area contributed by atoms with Gasteiger partial charge in [-0.2, -0.15) is 0 Å². The van der Waals surface area contributed by atoms with E-state index < -0.39 is 29.9 Å². The van der Waals surface area contributed by atoms with E-state index in [-0.39, 0.29) is 24.4 Å². The van der Waals surface area contributed by atoms with Crippen molar-refractivity contribution in [2.24, 2.45) is 5.73 Å². The summed E-state index contributed by atoms with van der Waals surface area (Å²) in [7, 11) is 0. The number of hydrogen-bond acceptors (Lipinski definition) is 6. The van der Waals surface area contributed by atoms with Gasteiger partial charge < -0.3 is 15.2 Å². The molecule has 1 aromatic carbocycles. The predicted molar refractivity (Wildman–Crippen MR) is 97.0 cm³/mol. The topological polar surface area (TPSA) is 112 Å². The first-order chi connectivity index (χ1) is 13.3. The van der Waals surface area contributed by atoms with E-state index in [1.807, 2.05) is 0 Å². The smallest absolute Gasteiger partial charge is 0.414 e. The first kappa shape index (κ1) is 19.3. The van der Waals surface area contributed by atoms with E-state index in [0.717, 1.165) is 0 Å². The maximum absolute atomic E-state index is 14.6. The Hall–Kier alpha value is -3.49. The monoisotopic (exact) mass is 387 g/mol. The zero-order chi connectivity index (χ0) is 20.3. The normalized spacial score (nSPS) is 16.0. The van der Waals surface area contributed by atoms with Crippen LogP contribution in [0.4, 0.5) is 14.9 Å². The first-order valence-electron chi connectivity index (χ1n) is 8.54. The molecule has 1 fully saturated rings. The fourth-order valence-electron chi connectivity index (χ4n) is 2.84. The van der Waals surface area contributed by atoms with Crippen LogP contribution in [-0.4, -0.2) is 35.6 Å². The average molecular weight is 387 g/mol. The number of ether oxygens (including phenoxy) is 2. The number of benzene rings is 1. The van der Waals surface area contributed by atoms with Gasteiger partial charge in [-0.3, -0.25) is 14.5 Å². The van der Waals surface area contributed by atoms with Crippen LogP contribution in [0.2, 0.25) is 0 Å². The number of primary amides is 1. The van der Waals surface area contributed by atoms with Crippen LogP contribution in [0.1, 0.15) is 19.8 Å². The van der Waals surface area contributed by atoms with Crippen LogP contribution in [0.5, 0.6) is 5.88 Å². The number of anilines is 1. The van der Waals surface area contributed by atoms with Crippen molar-refractivity contribution in [1.29, 1.82) is 0 Å². The van der Waals surface area contributed by atoms with Crippen LogP contribution in [0.15, 0.2) is 36.5 Å². The number of rotatable bonds is 6. The quantitative estimate of drug-likeness (QED) is 0.762. The zero-order valence-corrected chi connectivity index (χ0v) is 15.1. The Morgan fingerprint density at radius 2 is 2.14 bits per heavy atom. The minimum absolute atomic E-state index is 0.107. The van der Waals surface area contributed by atoms with Gasteiger partial charge in [-0.25, -0.2) is 14.2 Å². The molecule has 1 aromatic heterocycles. The summed E-state index contributed by atoms with van der Waals surface area (Å²) in [6.07, 6.45) is 0.739. The summed E-state index contributed by atoms with van der Waals surface area (Å²) in [6, 6.07) is 7.39. The van der Waals surface area contributed by atoms with E-state index >= 15 is 0 Å². The van der Waals surface area contributed by atoms with Gasteiger partial charge in [0.1, 0.15) is 11.9 Å². The molecule has 2 heterocycles. The standard InChI is InChI=1S/C19H18FN3O5/c1-11(24)27-18-7-2-12(9-22-18)15-5-3-13(8-16(15)20)23-10-14(28-19(23)26)4-6-17(21)25/h2-3,5,7-9,14H,4,6,10H2,1H3,(H2,21,25). The number of carbonyl (C=O) groups excluding carboxylic acids is 3. The van der Waals surface area contributed by atoms with Gasteiger partial charge in [-0.1, -0.05) is 0 Å². The van der Waals surface area contributed by atoms with E-state index in [1.165, 1.54) is 36.2 Å². The fraction of sp³-hybridized carbons (Fsp3) is 0.263. The number of halogens is 1. The lowest BCUT2D eigenvalue weighted by atomic mass is 10.1. The van der Waals surface area contributed by atoms with Crippen LogP contribution < -0.4 is 15.4 Å². The Morgan fingerprint density at radius 1 is 1.36 bits per heavy atom. The van der Waals surface area contributed by atoms with Crippen molar-refractivity contribution in [3.05, 3.63) is 42.3 Å². The molecule has 2 amide bonds. The third-order valence-corrected chi connectivity index (χ3v) is 4.15. The number of nitrogens with zero attached hydrogens (tertiary/aromatic N) is 2. The lowest BCUT2D eigenvalue weighted by Crippen LogP contribution is -2.25. The molecule has 1 aliphatic heterocycles. The van der Waals surface area contributed by atoms with Gasteiger partial charge in [0.15, 0.2) is 0 Å². The van der Waals surface area contributed by atoms with Crippen molar-refractivity contribution < 1.29 is 28.2 Å². The number of nitrogens with two attached hydrogens (primary N) is 1. The molecule has 9 heteroatoms. The summed E-state index contributed by atoms with van der Waals surface area (Å²) < 4.78 is 24.7. The van der Waals surface area contributed by atoms with Crippen LogP contribution in [0.25, 0.3) is 11.1 Å². The van der Waals surface area contributed by atoms with Gasteiger partial charge in [0.25, 0.3) is 0 Å². The molecular weight excluding hydrogens is 369 g/mol. The number of amides is 2. The summed E-state index contributed by atoms with van der Waals surface area (Å²) in [5.74, 6) is -1.40. The zero-order valence-electron chi connectivity index (χ0n) is 15.1.